The van der Waals surface area contributed by atoms with Crippen molar-refractivity contribution in [2.75, 3.05) is 46.8 Å². The molecule has 1 saturated heterocycles. The SMILES string of the molecule is C=C(C)[C@@H]1CC=C(CN2CCC(CCC(=O)NCCN(C)C)CC2)CC1. The number of allylic oxidation sites excluding steroid dienone is 2. The van der Waals surface area contributed by atoms with Crippen LogP contribution in [0.1, 0.15) is 51.9 Å². The first kappa shape index (κ1) is 21.2. The molecule has 0 spiro atoms. The van der Waals surface area contributed by atoms with Gasteiger partial charge in [-0.1, -0.05) is 23.8 Å². The monoisotopic (exact) mass is 361 g/mol. The number of likely N-dealkylation sites (N-methyl/N-ethyl adjacent to an activating group) is 1. The van der Waals surface area contributed by atoms with Crippen molar-refractivity contribution in [3.63, 3.8) is 0 Å². The molecule has 0 aromatic carbocycles. The van der Waals surface area contributed by atoms with E-state index in [1.807, 2.05) is 14.1 Å². The van der Waals surface area contributed by atoms with E-state index in [1.54, 1.807) is 5.57 Å². The number of hydrogen-bond acceptors (Lipinski definition) is 3. The Hall–Kier alpha value is -1.13. The molecule has 1 N–H and O–H groups in total. The van der Waals surface area contributed by atoms with E-state index in [2.05, 4.69) is 34.7 Å². The fourth-order valence-electron chi connectivity index (χ4n) is 4.04. The van der Waals surface area contributed by atoms with Crippen LogP contribution in [0.2, 0.25) is 0 Å². The molecule has 2 rings (SSSR count). The number of rotatable bonds is 9. The van der Waals surface area contributed by atoms with Crippen molar-refractivity contribution < 1.29 is 4.79 Å². The highest BCUT2D eigenvalue weighted by Gasteiger charge is 2.22. The largest absolute Gasteiger partial charge is 0.355 e. The lowest BCUT2D eigenvalue weighted by Gasteiger charge is -2.33. The molecule has 1 atom stereocenters. The molecular weight excluding hydrogens is 322 g/mol. The second-order valence-corrected chi connectivity index (χ2v) is 8.59. The van der Waals surface area contributed by atoms with E-state index in [0.29, 0.717) is 12.3 Å². The number of likely N-dealkylation sites (tertiary alicyclic amines) is 1. The number of carbonyl (C=O) groups excluding carboxylic acids is 1. The molecule has 0 saturated carbocycles. The van der Waals surface area contributed by atoms with Crippen molar-refractivity contribution in [3.8, 4) is 0 Å². The smallest absolute Gasteiger partial charge is 0.220 e. The number of carbonyl (C=O) groups is 1. The van der Waals surface area contributed by atoms with Crippen molar-refractivity contribution >= 4 is 5.91 Å². The van der Waals surface area contributed by atoms with Crippen LogP contribution in [0.5, 0.6) is 0 Å². The van der Waals surface area contributed by atoms with Crippen LogP contribution >= 0.6 is 0 Å². The summed E-state index contributed by atoms with van der Waals surface area (Å²) in [5.74, 6) is 1.64. The highest BCUT2D eigenvalue weighted by Crippen LogP contribution is 2.29. The van der Waals surface area contributed by atoms with Gasteiger partial charge in [-0.15, -0.1) is 0 Å². The number of amides is 1. The summed E-state index contributed by atoms with van der Waals surface area (Å²) in [5.41, 5.74) is 2.97. The van der Waals surface area contributed by atoms with Gasteiger partial charge in [0, 0.05) is 26.1 Å². The predicted molar refractivity (Wildman–Crippen MR) is 110 cm³/mol. The molecule has 2 aliphatic rings. The average molecular weight is 362 g/mol. The van der Waals surface area contributed by atoms with Gasteiger partial charge in [-0.05, 0) is 84.5 Å². The van der Waals surface area contributed by atoms with Crippen molar-refractivity contribution in [2.45, 2.75) is 51.9 Å². The van der Waals surface area contributed by atoms with Crippen molar-refractivity contribution in [2.24, 2.45) is 11.8 Å². The Labute approximate surface area is 160 Å². The predicted octanol–water partition coefficient (Wildman–Crippen LogP) is 3.46. The third-order valence-corrected chi connectivity index (χ3v) is 6.00. The maximum atomic E-state index is 11.9. The molecule has 1 fully saturated rings. The lowest BCUT2D eigenvalue weighted by molar-refractivity contribution is -0.121. The summed E-state index contributed by atoms with van der Waals surface area (Å²) in [7, 11) is 4.06. The van der Waals surface area contributed by atoms with Gasteiger partial charge in [0.05, 0.1) is 0 Å². The summed E-state index contributed by atoms with van der Waals surface area (Å²) in [6, 6.07) is 0. The summed E-state index contributed by atoms with van der Waals surface area (Å²) < 4.78 is 0. The van der Waals surface area contributed by atoms with Crippen LogP contribution in [0.25, 0.3) is 0 Å². The van der Waals surface area contributed by atoms with Crippen LogP contribution in [-0.4, -0.2) is 62.5 Å². The van der Waals surface area contributed by atoms with E-state index in [4.69, 9.17) is 0 Å². The maximum absolute atomic E-state index is 11.9. The Morgan fingerprint density at radius 1 is 1.31 bits per heavy atom. The van der Waals surface area contributed by atoms with E-state index >= 15 is 0 Å². The van der Waals surface area contributed by atoms with Crippen LogP contribution in [-0.2, 0) is 4.79 Å². The van der Waals surface area contributed by atoms with E-state index in [1.165, 1.54) is 50.8 Å². The quantitative estimate of drug-likeness (QED) is 0.639. The van der Waals surface area contributed by atoms with Crippen molar-refractivity contribution in [1.29, 1.82) is 0 Å². The molecule has 0 radical (unpaired) electrons. The highest BCUT2D eigenvalue weighted by atomic mass is 16.1. The van der Waals surface area contributed by atoms with Crippen LogP contribution in [0.3, 0.4) is 0 Å². The van der Waals surface area contributed by atoms with Crippen molar-refractivity contribution in [1.82, 2.24) is 15.1 Å². The molecule has 0 bridgehead atoms. The van der Waals surface area contributed by atoms with Gasteiger partial charge in [0.2, 0.25) is 5.91 Å². The number of nitrogens with one attached hydrogen (secondary N) is 1. The van der Waals surface area contributed by atoms with E-state index in [0.717, 1.165) is 32.0 Å². The molecule has 0 aromatic rings. The highest BCUT2D eigenvalue weighted by molar-refractivity contribution is 5.75. The van der Waals surface area contributed by atoms with Gasteiger partial charge in [0.15, 0.2) is 0 Å². The molecule has 26 heavy (non-hydrogen) atoms. The summed E-state index contributed by atoms with van der Waals surface area (Å²) in [4.78, 5) is 16.6. The minimum absolute atomic E-state index is 0.216. The lowest BCUT2D eigenvalue weighted by atomic mass is 9.85. The van der Waals surface area contributed by atoms with Gasteiger partial charge >= 0.3 is 0 Å². The molecule has 1 amide bonds. The van der Waals surface area contributed by atoms with Gasteiger partial charge in [0.25, 0.3) is 0 Å². The Balaban J connectivity index is 1.59. The lowest BCUT2D eigenvalue weighted by Crippen LogP contribution is -2.36. The molecule has 1 heterocycles. The molecule has 4 nitrogen and oxygen atoms in total. The third kappa shape index (κ3) is 7.63. The molecule has 148 valence electrons. The Morgan fingerprint density at radius 3 is 2.62 bits per heavy atom. The maximum Gasteiger partial charge on any atom is 0.220 e. The molecule has 1 aliphatic heterocycles. The Morgan fingerprint density at radius 2 is 2.04 bits per heavy atom. The average Bonchev–Trinajstić information content (AvgIpc) is 2.61. The van der Waals surface area contributed by atoms with Crippen LogP contribution in [0, 0.1) is 11.8 Å². The molecule has 0 aromatic heterocycles. The minimum Gasteiger partial charge on any atom is -0.355 e. The minimum atomic E-state index is 0.216. The molecule has 4 heteroatoms. The van der Waals surface area contributed by atoms with E-state index in [-0.39, 0.29) is 5.91 Å². The first-order valence-corrected chi connectivity index (χ1v) is 10.4. The zero-order valence-corrected chi connectivity index (χ0v) is 17.2. The summed E-state index contributed by atoms with van der Waals surface area (Å²) in [5, 5.41) is 3.02. The van der Waals surface area contributed by atoms with Crippen molar-refractivity contribution in [3.05, 3.63) is 23.8 Å². The standard InChI is InChI=1S/C22H39N3O/c1-18(2)21-8-5-20(6-9-21)17-25-14-11-19(12-15-25)7-10-22(26)23-13-16-24(3)4/h5,19,21H,1,6-17H2,2-4H3,(H,23,26)/t21-/m1/s1. The Kier molecular flexibility index (Phi) is 8.86. The number of piperidine rings is 1. The molecule has 0 unspecified atom stereocenters. The number of hydrogen-bond donors (Lipinski definition) is 1. The Bertz CT molecular complexity index is 490. The topological polar surface area (TPSA) is 35.6 Å². The fraction of sp³-hybridized carbons (Fsp3) is 0.773. The third-order valence-electron chi connectivity index (χ3n) is 6.00. The summed E-state index contributed by atoms with van der Waals surface area (Å²) in [6.07, 6.45) is 10.4. The molecular formula is C22H39N3O. The fourth-order valence-corrected chi connectivity index (χ4v) is 4.04. The second kappa shape index (κ2) is 10.9. The number of nitrogens with zero attached hydrogens (tertiary/aromatic N) is 2. The summed E-state index contributed by atoms with van der Waals surface area (Å²) in [6.45, 7) is 11.5. The zero-order chi connectivity index (χ0) is 18.9. The first-order chi connectivity index (χ1) is 12.4. The first-order valence-electron chi connectivity index (χ1n) is 10.4. The molecule has 1 aliphatic carbocycles. The van der Waals surface area contributed by atoms with Crippen LogP contribution < -0.4 is 5.32 Å². The van der Waals surface area contributed by atoms with E-state index < -0.39 is 0 Å². The van der Waals surface area contributed by atoms with Gasteiger partial charge in [-0.25, -0.2) is 0 Å². The van der Waals surface area contributed by atoms with Gasteiger partial charge in [-0.3, -0.25) is 9.69 Å². The van der Waals surface area contributed by atoms with Gasteiger partial charge in [0.1, 0.15) is 0 Å². The van der Waals surface area contributed by atoms with Crippen LogP contribution in [0.4, 0.5) is 0 Å². The zero-order valence-electron chi connectivity index (χ0n) is 17.2. The normalized spacial score (nSPS) is 22.3. The van der Waals surface area contributed by atoms with E-state index in [9.17, 15) is 4.79 Å². The second-order valence-electron chi connectivity index (χ2n) is 8.59. The van der Waals surface area contributed by atoms with Crippen LogP contribution in [0.15, 0.2) is 23.8 Å². The van der Waals surface area contributed by atoms with Gasteiger partial charge in [-0.2, -0.15) is 0 Å². The summed E-state index contributed by atoms with van der Waals surface area (Å²) >= 11 is 0. The van der Waals surface area contributed by atoms with Gasteiger partial charge < -0.3 is 10.2 Å².